The van der Waals surface area contributed by atoms with Gasteiger partial charge in [-0.15, -0.1) is 0 Å². The van der Waals surface area contributed by atoms with Gasteiger partial charge in [0.2, 0.25) is 0 Å². The third-order valence-corrected chi connectivity index (χ3v) is 2.95. The molecule has 2 aromatic rings. The molecule has 2 aromatic carbocycles. The number of aryl methyl sites for hydroxylation is 2. The number of benzene rings is 2. The molecule has 20 heavy (non-hydrogen) atoms. The van der Waals surface area contributed by atoms with E-state index in [4.69, 9.17) is 15.9 Å². The fourth-order valence-electron chi connectivity index (χ4n) is 2.10. The number of ether oxygens (including phenoxy) is 1. The van der Waals surface area contributed by atoms with Gasteiger partial charge in [0.25, 0.3) is 0 Å². The molecule has 0 fully saturated rings. The molecule has 0 atom stereocenters. The summed E-state index contributed by atoms with van der Waals surface area (Å²) in [5, 5.41) is 7.48. The maximum absolute atomic E-state index is 13.2. The molecule has 0 aliphatic heterocycles. The van der Waals surface area contributed by atoms with Gasteiger partial charge < -0.3 is 10.5 Å². The highest BCUT2D eigenvalue weighted by Gasteiger charge is 2.08. The Kier molecular flexibility index (Phi) is 4.03. The summed E-state index contributed by atoms with van der Waals surface area (Å²) >= 11 is 0. The third kappa shape index (κ3) is 3.35. The number of amidine groups is 1. The highest BCUT2D eigenvalue weighted by molar-refractivity contribution is 5.96. The van der Waals surface area contributed by atoms with E-state index in [0.717, 1.165) is 16.9 Å². The largest absolute Gasteiger partial charge is 0.489 e. The molecule has 0 amide bonds. The first-order chi connectivity index (χ1) is 9.45. The normalized spacial score (nSPS) is 10.3. The summed E-state index contributed by atoms with van der Waals surface area (Å²) in [7, 11) is 0. The molecule has 104 valence electrons. The predicted molar refractivity (Wildman–Crippen MR) is 77.7 cm³/mol. The van der Waals surface area contributed by atoms with Gasteiger partial charge in [0.1, 0.15) is 24.0 Å². The highest BCUT2D eigenvalue weighted by atomic mass is 19.1. The van der Waals surface area contributed by atoms with Crippen molar-refractivity contribution in [1.82, 2.24) is 0 Å². The number of nitrogen functional groups attached to an aromatic ring is 1. The van der Waals surface area contributed by atoms with Crippen LogP contribution in [0.2, 0.25) is 0 Å². The summed E-state index contributed by atoms with van der Waals surface area (Å²) in [6, 6.07) is 10.1. The van der Waals surface area contributed by atoms with Gasteiger partial charge in [-0.3, -0.25) is 5.41 Å². The van der Waals surface area contributed by atoms with Crippen molar-refractivity contribution in [3.63, 3.8) is 0 Å². The van der Waals surface area contributed by atoms with Crippen LogP contribution in [0.15, 0.2) is 36.4 Å². The number of halogens is 1. The fraction of sp³-hybridized carbons (Fsp3) is 0.188. The minimum atomic E-state index is -0.412. The molecule has 2 rings (SSSR count). The first-order valence-electron chi connectivity index (χ1n) is 6.29. The van der Waals surface area contributed by atoms with E-state index >= 15 is 0 Å². The first kappa shape index (κ1) is 14.1. The minimum Gasteiger partial charge on any atom is -0.489 e. The number of nitrogens with one attached hydrogen (secondary N) is 1. The van der Waals surface area contributed by atoms with Crippen LogP contribution in [-0.2, 0) is 6.61 Å². The van der Waals surface area contributed by atoms with Crippen LogP contribution in [0.1, 0.15) is 22.3 Å². The number of rotatable bonds is 4. The second-order valence-electron chi connectivity index (χ2n) is 4.83. The van der Waals surface area contributed by atoms with Crippen LogP contribution >= 0.6 is 0 Å². The molecule has 0 saturated carbocycles. The lowest BCUT2D eigenvalue weighted by Crippen LogP contribution is -2.15. The van der Waals surface area contributed by atoms with Crippen molar-refractivity contribution in [3.05, 3.63) is 64.5 Å². The molecule has 0 radical (unpaired) electrons. The highest BCUT2D eigenvalue weighted by Crippen LogP contribution is 2.19. The molecular formula is C16H17FN2O. The van der Waals surface area contributed by atoms with E-state index in [9.17, 15) is 4.39 Å². The number of nitrogens with two attached hydrogens (primary N) is 1. The van der Waals surface area contributed by atoms with Crippen molar-refractivity contribution in [1.29, 1.82) is 5.41 Å². The second-order valence-corrected chi connectivity index (χ2v) is 4.83. The standard InChI is InChI=1S/C16H17FN2O/c1-10-5-11(2)7-14(6-10)20-9-12-3-4-13(17)8-15(12)16(18)19/h3-8H,9H2,1-2H3,(H3,18,19). The van der Waals surface area contributed by atoms with Gasteiger partial charge >= 0.3 is 0 Å². The Morgan fingerprint density at radius 3 is 2.40 bits per heavy atom. The zero-order chi connectivity index (χ0) is 14.7. The van der Waals surface area contributed by atoms with Gasteiger partial charge in [0.15, 0.2) is 0 Å². The van der Waals surface area contributed by atoms with Crippen molar-refractivity contribution in [2.45, 2.75) is 20.5 Å². The topological polar surface area (TPSA) is 59.1 Å². The molecule has 3 nitrogen and oxygen atoms in total. The molecule has 0 aliphatic rings. The molecule has 0 spiro atoms. The summed E-state index contributed by atoms with van der Waals surface area (Å²) in [6.07, 6.45) is 0. The second kappa shape index (κ2) is 5.74. The summed E-state index contributed by atoms with van der Waals surface area (Å²) in [5.41, 5.74) is 8.76. The van der Waals surface area contributed by atoms with Gasteiger partial charge in [-0.25, -0.2) is 4.39 Å². The number of hydrogen-bond acceptors (Lipinski definition) is 2. The maximum atomic E-state index is 13.2. The van der Waals surface area contributed by atoms with Gasteiger partial charge in [-0.05, 0) is 49.2 Å². The van der Waals surface area contributed by atoms with Gasteiger partial charge in [0.05, 0.1) is 0 Å². The van der Waals surface area contributed by atoms with Crippen LogP contribution in [0.5, 0.6) is 5.75 Å². The lowest BCUT2D eigenvalue weighted by molar-refractivity contribution is 0.305. The first-order valence-corrected chi connectivity index (χ1v) is 6.29. The molecular weight excluding hydrogens is 255 g/mol. The van der Waals surface area contributed by atoms with Crippen molar-refractivity contribution < 1.29 is 9.13 Å². The molecule has 0 bridgehead atoms. The fourth-order valence-corrected chi connectivity index (χ4v) is 2.10. The maximum Gasteiger partial charge on any atom is 0.123 e. The Labute approximate surface area is 117 Å². The molecule has 0 unspecified atom stereocenters. The average Bonchev–Trinajstić information content (AvgIpc) is 2.36. The Balaban J connectivity index is 2.20. The lowest BCUT2D eigenvalue weighted by atomic mass is 10.1. The minimum absolute atomic E-state index is 0.163. The molecule has 0 aliphatic carbocycles. The summed E-state index contributed by atoms with van der Waals surface area (Å²) in [6.45, 7) is 4.25. The van der Waals surface area contributed by atoms with E-state index in [1.165, 1.54) is 12.1 Å². The lowest BCUT2D eigenvalue weighted by Gasteiger charge is -2.11. The Morgan fingerprint density at radius 1 is 1.15 bits per heavy atom. The van der Waals surface area contributed by atoms with Crippen LogP contribution in [0, 0.1) is 25.1 Å². The zero-order valence-electron chi connectivity index (χ0n) is 11.5. The monoisotopic (exact) mass is 272 g/mol. The van der Waals surface area contributed by atoms with Crippen molar-refractivity contribution in [3.8, 4) is 5.75 Å². The Bertz CT molecular complexity index is 633. The van der Waals surface area contributed by atoms with E-state index in [1.54, 1.807) is 6.07 Å². The van der Waals surface area contributed by atoms with E-state index in [1.807, 2.05) is 26.0 Å². The van der Waals surface area contributed by atoms with E-state index in [0.29, 0.717) is 11.1 Å². The van der Waals surface area contributed by atoms with Crippen LogP contribution in [0.4, 0.5) is 4.39 Å². The van der Waals surface area contributed by atoms with Gasteiger partial charge in [-0.1, -0.05) is 12.1 Å². The van der Waals surface area contributed by atoms with E-state index in [2.05, 4.69) is 6.07 Å². The predicted octanol–water partition coefficient (Wildman–Crippen LogP) is 3.31. The van der Waals surface area contributed by atoms with E-state index in [-0.39, 0.29) is 12.4 Å². The van der Waals surface area contributed by atoms with E-state index < -0.39 is 5.82 Å². The van der Waals surface area contributed by atoms with Crippen molar-refractivity contribution in [2.75, 3.05) is 0 Å². The SMILES string of the molecule is Cc1cc(C)cc(OCc2ccc(F)cc2C(=N)N)c1. The van der Waals surface area contributed by atoms with Gasteiger partial charge in [0, 0.05) is 11.1 Å². The summed E-state index contributed by atoms with van der Waals surface area (Å²) in [4.78, 5) is 0. The molecule has 3 N–H and O–H groups in total. The number of hydrogen-bond donors (Lipinski definition) is 2. The quantitative estimate of drug-likeness (QED) is 0.662. The summed E-state index contributed by atoms with van der Waals surface area (Å²) in [5.74, 6) is 0.176. The molecule has 0 saturated heterocycles. The molecule has 4 heteroatoms. The van der Waals surface area contributed by atoms with Crippen LogP contribution in [0.25, 0.3) is 0 Å². The Morgan fingerprint density at radius 2 is 1.80 bits per heavy atom. The van der Waals surface area contributed by atoms with Crippen LogP contribution < -0.4 is 10.5 Å². The van der Waals surface area contributed by atoms with Crippen LogP contribution in [-0.4, -0.2) is 5.84 Å². The van der Waals surface area contributed by atoms with Crippen molar-refractivity contribution >= 4 is 5.84 Å². The third-order valence-electron chi connectivity index (χ3n) is 2.95. The molecule has 0 heterocycles. The summed E-state index contributed by atoms with van der Waals surface area (Å²) < 4.78 is 18.9. The van der Waals surface area contributed by atoms with Gasteiger partial charge in [-0.2, -0.15) is 0 Å². The zero-order valence-corrected chi connectivity index (χ0v) is 11.5. The Hall–Kier alpha value is -2.36. The van der Waals surface area contributed by atoms with Crippen molar-refractivity contribution in [2.24, 2.45) is 5.73 Å². The average molecular weight is 272 g/mol. The van der Waals surface area contributed by atoms with Crippen LogP contribution in [0.3, 0.4) is 0 Å². The molecule has 0 aromatic heterocycles. The smallest absolute Gasteiger partial charge is 0.123 e.